The van der Waals surface area contributed by atoms with E-state index < -0.39 is 0 Å². The van der Waals surface area contributed by atoms with Gasteiger partial charge < -0.3 is 4.57 Å². The fourth-order valence-corrected chi connectivity index (χ4v) is 2.28. The van der Waals surface area contributed by atoms with Crippen molar-refractivity contribution in [1.82, 2.24) is 4.57 Å². The molecule has 0 unspecified atom stereocenters. The van der Waals surface area contributed by atoms with Crippen LogP contribution in [0.2, 0.25) is 5.02 Å². The van der Waals surface area contributed by atoms with Crippen LogP contribution >= 0.6 is 11.6 Å². The fourth-order valence-electron chi connectivity index (χ4n) is 2.16. The van der Waals surface area contributed by atoms with E-state index in [4.69, 9.17) is 11.6 Å². The average molecular weight is 259 g/mol. The van der Waals surface area contributed by atoms with Crippen molar-refractivity contribution < 1.29 is 0 Å². The zero-order valence-electron chi connectivity index (χ0n) is 10.7. The number of rotatable bonds is 2. The lowest BCUT2D eigenvalue weighted by Crippen LogP contribution is -2.01. The smallest absolute Gasteiger partial charge is 0.128 e. The lowest BCUT2D eigenvalue weighted by atomic mass is 10.0. The van der Waals surface area contributed by atoms with Crippen LogP contribution < -0.4 is 0 Å². The quantitative estimate of drug-likeness (QED) is 0.776. The average Bonchev–Trinajstić information content (AvgIpc) is 2.67. The van der Waals surface area contributed by atoms with Crippen molar-refractivity contribution in [1.29, 1.82) is 5.26 Å². The number of nitrogens with zero attached hydrogens (tertiary/aromatic N) is 2. The fraction of sp³-hybridized carbons (Fsp3) is 0.267. The van der Waals surface area contributed by atoms with Gasteiger partial charge in [-0.1, -0.05) is 23.7 Å². The highest BCUT2D eigenvalue weighted by molar-refractivity contribution is 6.30. The minimum absolute atomic E-state index is 0.277. The van der Waals surface area contributed by atoms with Crippen LogP contribution in [0.4, 0.5) is 0 Å². The van der Waals surface area contributed by atoms with Gasteiger partial charge in [0.1, 0.15) is 11.8 Å². The van der Waals surface area contributed by atoms with E-state index in [2.05, 4.69) is 19.9 Å². The summed E-state index contributed by atoms with van der Waals surface area (Å²) in [5, 5.41) is 10.1. The Hall–Kier alpha value is -1.72. The maximum atomic E-state index is 9.38. The zero-order chi connectivity index (χ0) is 13.3. The Labute approximate surface area is 112 Å². The van der Waals surface area contributed by atoms with Gasteiger partial charge in [0.25, 0.3) is 0 Å². The van der Waals surface area contributed by atoms with E-state index in [-0.39, 0.29) is 6.04 Å². The van der Waals surface area contributed by atoms with Crippen molar-refractivity contribution >= 4 is 11.6 Å². The van der Waals surface area contributed by atoms with Crippen molar-refractivity contribution in [2.24, 2.45) is 0 Å². The highest BCUT2D eigenvalue weighted by Gasteiger charge is 2.16. The van der Waals surface area contributed by atoms with Crippen LogP contribution in [0.5, 0.6) is 0 Å². The first-order valence-corrected chi connectivity index (χ1v) is 6.30. The number of halogens is 1. The molecule has 1 aromatic carbocycles. The number of hydrogen-bond acceptors (Lipinski definition) is 1. The number of aryl methyl sites for hydroxylation is 1. The van der Waals surface area contributed by atoms with E-state index in [1.807, 2.05) is 42.0 Å². The van der Waals surface area contributed by atoms with Crippen molar-refractivity contribution in [2.45, 2.75) is 26.8 Å². The molecule has 0 radical (unpaired) electrons. The zero-order valence-corrected chi connectivity index (χ0v) is 11.5. The summed E-state index contributed by atoms with van der Waals surface area (Å²) < 4.78 is 2.01. The first-order valence-electron chi connectivity index (χ1n) is 5.92. The van der Waals surface area contributed by atoms with Gasteiger partial charge in [-0.25, -0.2) is 0 Å². The second-order valence-electron chi connectivity index (χ2n) is 4.66. The van der Waals surface area contributed by atoms with Crippen molar-refractivity contribution in [3.63, 3.8) is 0 Å². The Morgan fingerprint density at radius 3 is 2.33 bits per heavy atom. The molecule has 0 aliphatic heterocycles. The monoisotopic (exact) mass is 258 g/mol. The molecular weight excluding hydrogens is 244 g/mol. The molecule has 0 fully saturated rings. The summed E-state index contributed by atoms with van der Waals surface area (Å²) in [5.41, 5.74) is 3.86. The van der Waals surface area contributed by atoms with Gasteiger partial charge in [0.15, 0.2) is 0 Å². The van der Waals surface area contributed by atoms with Crippen molar-refractivity contribution in [3.8, 4) is 17.2 Å². The molecule has 2 rings (SSSR count). The van der Waals surface area contributed by atoms with Crippen LogP contribution in [0.25, 0.3) is 11.1 Å². The number of aromatic nitrogens is 1. The standard InChI is InChI=1S/C15H15ClN2/c1-10(2)18-9-11(3)15(14(18)8-17)12-4-6-13(16)7-5-12/h4-7,9-10H,1-3H3. The molecule has 0 atom stereocenters. The summed E-state index contributed by atoms with van der Waals surface area (Å²) in [4.78, 5) is 0. The molecule has 0 aliphatic carbocycles. The largest absolute Gasteiger partial charge is 0.336 e. The van der Waals surface area contributed by atoms with Crippen LogP contribution in [-0.4, -0.2) is 4.57 Å². The van der Waals surface area contributed by atoms with Gasteiger partial charge in [0.05, 0.1) is 0 Å². The summed E-state index contributed by atoms with van der Waals surface area (Å²) in [6.07, 6.45) is 2.03. The summed E-state index contributed by atoms with van der Waals surface area (Å²) in [5.74, 6) is 0. The molecule has 0 saturated carbocycles. The van der Waals surface area contributed by atoms with Crippen LogP contribution in [-0.2, 0) is 0 Å². The minimum atomic E-state index is 0.277. The first-order chi connectivity index (χ1) is 8.54. The summed E-state index contributed by atoms with van der Waals surface area (Å²) in [6, 6.07) is 10.2. The van der Waals surface area contributed by atoms with Gasteiger partial charge >= 0.3 is 0 Å². The Bertz CT molecular complexity index is 601. The molecule has 3 heteroatoms. The van der Waals surface area contributed by atoms with Crippen LogP contribution in [0.3, 0.4) is 0 Å². The third-order valence-corrected chi connectivity index (χ3v) is 3.27. The highest BCUT2D eigenvalue weighted by atomic mass is 35.5. The number of benzene rings is 1. The Morgan fingerprint density at radius 1 is 1.22 bits per heavy atom. The molecule has 0 aliphatic rings. The Balaban J connectivity index is 2.64. The van der Waals surface area contributed by atoms with E-state index in [0.29, 0.717) is 10.7 Å². The van der Waals surface area contributed by atoms with E-state index >= 15 is 0 Å². The maximum absolute atomic E-state index is 9.38. The molecule has 0 spiro atoms. The number of nitriles is 1. The molecule has 0 amide bonds. The van der Waals surface area contributed by atoms with E-state index in [9.17, 15) is 5.26 Å². The lowest BCUT2D eigenvalue weighted by molar-refractivity contribution is 0.597. The van der Waals surface area contributed by atoms with E-state index in [0.717, 1.165) is 16.7 Å². The van der Waals surface area contributed by atoms with E-state index in [1.165, 1.54) is 0 Å². The summed E-state index contributed by atoms with van der Waals surface area (Å²) in [7, 11) is 0. The molecule has 92 valence electrons. The Kier molecular flexibility index (Phi) is 3.45. The third kappa shape index (κ3) is 2.14. The molecule has 0 saturated heterocycles. The third-order valence-electron chi connectivity index (χ3n) is 3.02. The normalized spacial score (nSPS) is 10.7. The second-order valence-corrected chi connectivity index (χ2v) is 5.09. The molecule has 0 N–H and O–H groups in total. The highest BCUT2D eigenvalue weighted by Crippen LogP contribution is 2.31. The van der Waals surface area contributed by atoms with Crippen LogP contribution in [0.15, 0.2) is 30.5 Å². The second kappa shape index (κ2) is 4.88. The molecule has 1 heterocycles. The van der Waals surface area contributed by atoms with Crippen molar-refractivity contribution in [3.05, 3.63) is 46.7 Å². The first kappa shape index (κ1) is 12.7. The van der Waals surface area contributed by atoms with E-state index in [1.54, 1.807) is 0 Å². The Morgan fingerprint density at radius 2 is 1.83 bits per heavy atom. The minimum Gasteiger partial charge on any atom is -0.336 e. The van der Waals surface area contributed by atoms with Crippen molar-refractivity contribution in [2.75, 3.05) is 0 Å². The van der Waals surface area contributed by atoms with Crippen LogP contribution in [0.1, 0.15) is 31.1 Å². The molecule has 2 aromatic rings. The molecular formula is C15H15ClN2. The van der Waals surface area contributed by atoms with Gasteiger partial charge in [0.2, 0.25) is 0 Å². The summed E-state index contributed by atoms with van der Waals surface area (Å²) in [6.45, 7) is 6.18. The SMILES string of the molecule is Cc1cn(C(C)C)c(C#N)c1-c1ccc(Cl)cc1. The van der Waals surface area contributed by atoms with Gasteiger partial charge in [-0.3, -0.25) is 0 Å². The topological polar surface area (TPSA) is 28.7 Å². The predicted octanol–water partition coefficient (Wildman–Crippen LogP) is 4.57. The molecule has 1 aromatic heterocycles. The lowest BCUT2D eigenvalue weighted by Gasteiger charge is -2.09. The molecule has 18 heavy (non-hydrogen) atoms. The number of hydrogen-bond donors (Lipinski definition) is 0. The van der Waals surface area contributed by atoms with Crippen LogP contribution in [0, 0.1) is 18.3 Å². The maximum Gasteiger partial charge on any atom is 0.128 e. The van der Waals surface area contributed by atoms with Gasteiger partial charge in [-0.2, -0.15) is 5.26 Å². The molecule has 2 nitrogen and oxygen atoms in total. The van der Waals surface area contributed by atoms with Gasteiger partial charge in [0, 0.05) is 22.8 Å². The molecule has 0 bridgehead atoms. The van der Waals surface area contributed by atoms with Gasteiger partial charge in [-0.15, -0.1) is 0 Å². The predicted molar refractivity (Wildman–Crippen MR) is 74.7 cm³/mol. The summed E-state index contributed by atoms with van der Waals surface area (Å²) >= 11 is 5.90. The van der Waals surface area contributed by atoms with Gasteiger partial charge in [-0.05, 0) is 44.0 Å².